The molecule has 2 N–H and O–H groups in total. The number of nitrogens with two attached hydrogens (primary N) is 1. The van der Waals surface area contributed by atoms with Crippen LogP contribution in [0.15, 0.2) is 35.0 Å². The highest BCUT2D eigenvalue weighted by atomic mass is 16.3. The lowest BCUT2D eigenvalue weighted by Gasteiger charge is -1.91. The van der Waals surface area contributed by atoms with E-state index in [0.717, 1.165) is 16.4 Å². The average molecular weight is 185 g/mol. The van der Waals surface area contributed by atoms with Gasteiger partial charge in [0.25, 0.3) is 0 Å². The summed E-state index contributed by atoms with van der Waals surface area (Å²) in [5.41, 5.74) is 7.08. The molecule has 4 nitrogen and oxygen atoms in total. The molecule has 3 aromatic rings. The molecule has 0 fully saturated rings. The summed E-state index contributed by atoms with van der Waals surface area (Å²) >= 11 is 0. The minimum Gasteiger partial charge on any atom is -0.438 e. The van der Waals surface area contributed by atoms with Gasteiger partial charge in [-0.05, 0) is 6.07 Å². The number of nitrogen functional groups attached to an aromatic ring is 1. The fourth-order valence-corrected chi connectivity index (χ4v) is 1.58. The van der Waals surface area contributed by atoms with E-state index in [0.29, 0.717) is 11.5 Å². The second-order valence-electron chi connectivity index (χ2n) is 3.04. The number of rotatable bonds is 0. The average Bonchev–Trinajstić information content (AvgIpc) is 2.57. The fourth-order valence-electron chi connectivity index (χ4n) is 1.58. The van der Waals surface area contributed by atoms with Crippen molar-refractivity contribution in [3.05, 3.63) is 30.6 Å². The van der Waals surface area contributed by atoms with Crippen LogP contribution in [-0.4, -0.2) is 9.97 Å². The van der Waals surface area contributed by atoms with E-state index in [1.807, 2.05) is 24.3 Å². The molecule has 2 heterocycles. The standard InChI is InChI=1S/C10H7N3O/c11-9-8-6-3-1-2-4-7(6)14-10(8)13-5-12-9/h1-5H,(H2,11,12,13). The third kappa shape index (κ3) is 0.821. The van der Waals surface area contributed by atoms with Gasteiger partial charge >= 0.3 is 0 Å². The van der Waals surface area contributed by atoms with E-state index >= 15 is 0 Å². The van der Waals surface area contributed by atoms with Gasteiger partial charge in [0, 0.05) is 5.39 Å². The summed E-state index contributed by atoms with van der Waals surface area (Å²) in [6.07, 6.45) is 1.40. The number of nitrogens with zero attached hydrogens (tertiary/aromatic N) is 2. The van der Waals surface area contributed by atoms with Gasteiger partial charge < -0.3 is 10.2 Å². The van der Waals surface area contributed by atoms with E-state index < -0.39 is 0 Å². The van der Waals surface area contributed by atoms with E-state index in [-0.39, 0.29) is 0 Å². The Morgan fingerprint density at radius 2 is 2.00 bits per heavy atom. The van der Waals surface area contributed by atoms with Crippen LogP contribution in [0.5, 0.6) is 0 Å². The SMILES string of the molecule is Nc1ncnc2oc3ccccc3c12. The van der Waals surface area contributed by atoms with Crippen molar-refractivity contribution in [1.82, 2.24) is 9.97 Å². The number of furan rings is 1. The molecule has 0 amide bonds. The van der Waals surface area contributed by atoms with E-state index in [1.54, 1.807) is 0 Å². The Balaban J connectivity index is 2.65. The maximum absolute atomic E-state index is 5.76. The summed E-state index contributed by atoms with van der Waals surface area (Å²) in [5, 5.41) is 1.75. The van der Waals surface area contributed by atoms with Crippen LogP contribution >= 0.6 is 0 Å². The van der Waals surface area contributed by atoms with Gasteiger partial charge in [0.15, 0.2) is 0 Å². The Morgan fingerprint density at radius 1 is 1.14 bits per heavy atom. The molecule has 0 bridgehead atoms. The number of hydrogen-bond acceptors (Lipinski definition) is 4. The molecule has 3 rings (SSSR count). The first kappa shape index (κ1) is 7.32. The predicted octanol–water partition coefficient (Wildman–Crippen LogP) is 1.96. The van der Waals surface area contributed by atoms with Gasteiger partial charge in [-0.25, -0.2) is 9.97 Å². The van der Waals surface area contributed by atoms with Gasteiger partial charge in [-0.2, -0.15) is 0 Å². The van der Waals surface area contributed by atoms with Crippen LogP contribution in [0, 0.1) is 0 Å². The molecule has 0 aliphatic carbocycles. The Hall–Kier alpha value is -2.10. The molecule has 4 heteroatoms. The molecule has 0 aliphatic rings. The maximum atomic E-state index is 5.76. The Morgan fingerprint density at radius 3 is 2.93 bits per heavy atom. The molecule has 68 valence electrons. The van der Waals surface area contributed by atoms with Crippen LogP contribution in [0.25, 0.3) is 22.1 Å². The van der Waals surface area contributed by atoms with Crippen molar-refractivity contribution < 1.29 is 4.42 Å². The monoisotopic (exact) mass is 185 g/mol. The third-order valence-corrected chi connectivity index (χ3v) is 2.20. The third-order valence-electron chi connectivity index (χ3n) is 2.20. The summed E-state index contributed by atoms with van der Waals surface area (Å²) in [5.74, 6) is 0.458. The molecule has 0 aliphatic heterocycles. The lowest BCUT2D eigenvalue weighted by Crippen LogP contribution is -1.90. The molecule has 2 aromatic heterocycles. The predicted molar refractivity (Wildman–Crippen MR) is 53.7 cm³/mol. The van der Waals surface area contributed by atoms with Crippen LogP contribution in [0.2, 0.25) is 0 Å². The molecule has 0 saturated carbocycles. The van der Waals surface area contributed by atoms with Gasteiger partial charge in [0.05, 0.1) is 5.39 Å². The summed E-state index contributed by atoms with van der Waals surface area (Å²) in [6.45, 7) is 0. The summed E-state index contributed by atoms with van der Waals surface area (Å²) in [4.78, 5) is 7.96. The number of para-hydroxylation sites is 1. The van der Waals surface area contributed by atoms with Gasteiger partial charge in [-0.3, -0.25) is 0 Å². The van der Waals surface area contributed by atoms with Gasteiger partial charge in [0.2, 0.25) is 5.71 Å². The Bertz CT molecular complexity index is 615. The first-order chi connectivity index (χ1) is 6.86. The van der Waals surface area contributed by atoms with Crippen LogP contribution in [-0.2, 0) is 0 Å². The number of fused-ring (bicyclic) bond motifs is 3. The van der Waals surface area contributed by atoms with Crippen molar-refractivity contribution in [1.29, 1.82) is 0 Å². The van der Waals surface area contributed by atoms with E-state index in [4.69, 9.17) is 10.2 Å². The molecule has 0 spiro atoms. The molecule has 0 unspecified atom stereocenters. The number of aromatic nitrogens is 2. The van der Waals surface area contributed by atoms with Crippen molar-refractivity contribution in [3.8, 4) is 0 Å². The van der Waals surface area contributed by atoms with Gasteiger partial charge in [-0.1, -0.05) is 18.2 Å². The van der Waals surface area contributed by atoms with Crippen LogP contribution in [0.1, 0.15) is 0 Å². The number of hydrogen-bond donors (Lipinski definition) is 1. The number of benzene rings is 1. The van der Waals surface area contributed by atoms with E-state index in [2.05, 4.69) is 9.97 Å². The fraction of sp³-hybridized carbons (Fsp3) is 0. The topological polar surface area (TPSA) is 64.9 Å². The van der Waals surface area contributed by atoms with Gasteiger partial charge in [0.1, 0.15) is 17.7 Å². The molecule has 0 saturated heterocycles. The normalized spacial score (nSPS) is 11.1. The molecule has 1 aromatic carbocycles. The van der Waals surface area contributed by atoms with Crippen LogP contribution < -0.4 is 5.73 Å². The number of anilines is 1. The van der Waals surface area contributed by atoms with Crippen LogP contribution in [0.3, 0.4) is 0 Å². The van der Waals surface area contributed by atoms with Crippen molar-refractivity contribution in [3.63, 3.8) is 0 Å². The van der Waals surface area contributed by atoms with Crippen LogP contribution in [0.4, 0.5) is 5.82 Å². The summed E-state index contributed by atoms with van der Waals surface area (Å²) in [7, 11) is 0. The summed E-state index contributed by atoms with van der Waals surface area (Å²) < 4.78 is 5.50. The first-order valence-electron chi connectivity index (χ1n) is 4.24. The molecular formula is C10H7N3O. The lowest BCUT2D eigenvalue weighted by molar-refractivity contribution is 0.653. The molecule has 0 radical (unpaired) electrons. The first-order valence-corrected chi connectivity index (χ1v) is 4.24. The van der Waals surface area contributed by atoms with Gasteiger partial charge in [-0.15, -0.1) is 0 Å². The zero-order valence-electron chi connectivity index (χ0n) is 7.27. The largest absolute Gasteiger partial charge is 0.438 e. The Kier molecular flexibility index (Phi) is 1.28. The highest BCUT2D eigenvalue weighted by molar-refractivity contribution is 6.08. The quantitative estimate of drug-likeness (QED) is 0.581. The van der Waals surface area contributed by atoms with E-state index in [1.165, 1.54) is 6.33 Å². The summed E-state index contributed by atoms with van der Waals surface area (Å²) in [6, 6.07) is 7.68. The maximum Gasteiger partial charge on any atom is 0.232 e. The van der Waals surface area contributed by atoms with Crippen molar-refractivity contribution in [2.45, 2.75) is 0 Å². The molecule has 14 heavy (non-hydrogen) atoms. The lowest BCUT2D eigenvalue weighted by atomic mass is 10.2. The zero-order chi connectivity index (χ0) is 9.54. The Labute approximate surface area is 79.4 Å². The van der Waals surface area contributed by atoms with Crippen molar-refractivity contribution in [2.75, 3.05) is 5.73 Å². The molecular weight excluding hydrogens is 178 g/mol. The van der Waals surface area contributed by atoms with Crippen molar-refractivity contribution >= 4 is 27.9 Å². The van der Waals surface area contributed by atoms with Crippen molar-refractivity contribution in [2.24, 2.45) is 0 Å². The minimum absolute atomic E-state index is 0.458. The second-order valence-corrected chi connectivity index (χ2v) is 3.04. The second kappa shape index (κ2) is 2.45. The molecule has 0 atom stereocenters. The minimum atomic E-state index is 0.458. The smallest absolute Gasteiger partial charge is 0.232 e. The zero-order valence-corrected chi connectivity index (χ0v) is 7.27. The van der Waals surface area contributed by atoms with E-state index in [9.17, 15) is 0 Å². The highest BCUT2D eigenvalue weighted by Crippen LogP contribution is 2.29. The highest BCUT2D eigenvalue weighted by Gasteiger charge is 2.09.